The molecule has 0 radical (unpaired) electrons. The van der Waals surface area contributed by atoms with Crippen molar-refractivity contribution >= 4 is 17.4 Å². The van der Waals surface area contributed by atoms with Crippen molar-refractivity contribution in [3.8, 4) is 11.3 Å². The molecular formula is C18H13F3N6O. The summed E-state index contributed by atoms with van der Waals surface area (Å²) in [4.78, 5) is 20.5. The number of aromatic nitrogens is 5. The van der Waals surface area contributed by atoms with E-state index >= 15 is 0 Å². The number of imidazole rings is 1. The van der Waals surface area contributed by atoms with Crippen molar-refractivity contribution in [1.82, 2.24) is 24.1 Å². The highest BCUT2D eigenvalue weighted by atomic mass is 19.4. The summed E-state index contributed by atoms with van der Waals surface area (Å²) in [6.07, 6.45) is 0.0811. The molecule has 0 spiro atoms. The molecule has 0 saturated heterocycles. The van der Waals surface area contributed by atoms with Crippen LogP contribution in [0.25, 0.3) is 16.9 Å². The molecule has 0 bridgehead atoms. The molecule has 1 aromatic carbocycles. The molecule has 3 aromatic heterocycles. The Morgan fingerprint density at radius 3 is 2.68 bits per heavy atom. The lowest BCUT2D eigenvalue weighted by Crippen LogP contribution is -2.15. The topological polar surface area (TPSA) is 77.1 Å². The summed E-state index contributed by atoms with van der Waals surface area (Å²) in [7, 11) is 1.74. The van der Waals surface area contributed by atoms with E-state index in [9.17, 15) is 18.0 Å². The highest BCUT2D eigenvalue weighted by Gasteiger charge is 2.30. The number of aryl methyl sites for hydroxylation is 1. The predicted molar refractivity (Wildman–Crippen MR) is 94.6 cm³/mol. The summed E-state index contributed by atoms with van der Waals surface area (Å²) < 4.78 is 41.9. The third-order valence-corrected chi connectivity index (χ3v) is 4.02. The molecule has 142 valence electrons. The smallest absolute Gasteiger partial charge is 0.340 e. The maximum Gasteiger partial charge on any atom is 0.416 e. The van der Waals surface area contributed by atoms with Gasteiger partial charge in [-0.25, -0.2) is 9.97 Å². The molecule has 7 nitrogen and oxygen atoms in total. The number of fused-ring (bicyclic) bond motifs is 1. The monoisotopic (exact) mass is 386 g/mol. The predicted octanol–water partition coefficient (Wildman–Crippen LogP) is 3.40. The number of rotatable bonds is 3. The van der Waals surface area contributed by atoms with Gasteiger partial charge in [0.15, 0.2) is 5.65 Å². The quantitative estimate of drug-likeness (QED) is 0.586. The Bertz CT molecular complexity index is 1180. The standard InChI is InChI=1S/C18H13F3N6O/c1-26-9-14(23-10-26)17(28)24-15-5-6-22-16-8-13(25-27(15)16)11-3-2-4-12(7-11)18(19,20)21/h2-10H,1H3,(H,24,28). The summed E-state index contributed by atoms with van der Waals surface area (Å²) in [5.74, 6) is -0.122. The van der Waals surface area contributed by atoms with Crippen LogP contribution >= 0.6 is 0 Å². The molecule has 0 saturated carbocycles. The van der Waals surface area contributed by atoms with Crippen molar-refractivity contribution in [2.24, 2.45) is 7.05 Å². The Morgan fingerprint density at radius 2 is 1.96 bits per heavy atom. The Labute approximate surface area is 156 Å². The number of anilines is 1. The number of nitrogens with zero attached hydrogens (tertiary/aromatic N) is 5. The summed E-state index contributed by atoms with van der Waals surface area (Å²) >= 11 is 0. The van der Waals surface area contributed by atoms with Crippen molar-refractivity contribution in [3.05, 3.63) is 66.4 Å². The average molecular weight is 386 g/mol. The molecule has 4 rings (SSSR count). The van der Waals surface area contributed by atoms with Gasteiger partial charge in [-0.3, -0.25) is 4.79 Å². The minimum absolute atomic E-state index is 0.220. The van der Waals surface area contributed by atoms with Gasteiger partial charge in [0.25, 0.3) is 5.91 Å². The minimum Gasteiger partial charge on any atom is -0.340 e. The largest absolute Gasteiger partial charge is 0.416 e. The van der Waals surface area contributed by atoms with Crippen LogP contribution in [0, 0.1) is 0 Å². The normalized spacial score (nSPS) is 11.7. The fourth-order valence-electron chi connectivity index (χ4n) is 2.70. The van der Waals surface area contributed by atoms with Gasteiger partial charge >= 0.3 is 6.18 Å². The van der Waals surface area contributed by atoms with Gasteiger partial charge in [-0.1, -0.05) is 12.1 Å². The van der Waals surface area contributed by atoms with Crippen LogP contribution in [0.4, 0.5) is 19.0 Å². The molecule has 1 amide bonds. The van der Waals surface area contributed by atoms with E-state index < -0.39 is 17.6 Å². The number of carbonyl (C=O) groups excluding carboxylic acids is 1. The number of hydrogen-bond donors (Lipinski definition) is 1. The molecule has 0 aliphatic rings. The molecule has 0 aliphatic heterocycles. The molecule has 0 aliphatic carbocycles. The van der Waals surface area contributed by atoms with Crippen LogP contribution in [-0.2, 0) is 13.2 Å². The molecule has 1 N–H and O–H groups in total. The number of benzene rings is 1. The van der Waals surface area contributed by atoms with Gasteiger partial charge in [0.1, 0.15) is 11.5 Å². The highest BCUT2D eigenvalue weighted by Crippen LogP contribution is 2.32. The van der Waals surface area contributed by atoms with Crippen molar-refractivity contribution in [1.29, 1.82) is 0 Å². The second-order valence-electron chi connectivity index (χ2n) is 6.09. The van der Waals surface area contributed by atoms with Crippen molar-refractivity contribution < 1.29 is 18.0 Å². The van der Waals surface area contributed by atoms with E-state index in [4.69, 9.17) is 0 Å². The Balaban J connectivity index is 1.70. The molecule has 3 heterocycles. The number of hydrogen-bond acceptors (Lipinski definition) is 4. The molecule has 0 unspecified atom stereocenters. The van der Waals surface area contributed by atoms with Gasteiger partial charge in [0.05, 0.1) is 17.6 Å². The van der Waals surface area contributed by atoms with Gasteiger partial charge in [-0.15, -0.1) is 0 Å². The summed E-state index contributed by atoms with van der Waals surface area (Å²) in [5.41, 5.74) is 0.433. The van der Waals surface area contributed by atoms with Gasteiger partial charge < -0.3 is 9.88 Å². The molecule has 10 heteroatoms. The van der Waals surface area contributed by atoms with Crippen LogP contribution in [0.1, 0.15) is 16.1 Å². The maximum absolute atomic E-state index is 13.0. The lowest BCUT2D eigenvalue weighted by molar-refractivity contribution is -0.137. The van der Waals surface area contributed by atoms with E-state index in [-0.39, 0.29) is 5.69 Å². The maximum atomic E-state index is 13.0. The van der Waals surface area contributed by atoms with Gasteiger partial charge in [-0.05, 0) is 18.2 Å². The van der Waals surface area contributed by atoms with Crippen LogP contribution < -0.4 is 5.32 Å². The first-order chi connectivity index (χ1) is 13.3. The molecular weight excluding hydrogens is 373 g/mol. The minimum atomic E-state index is -4.45. The third-order valence-electron chi connectivity index (χ3n) is 4.02. The van der Waals surface area contributed by atoms with Gasteiger partial charge in [-0.2, -0.15) is 22.8 Å². The average Bonchev–Trinajstić information content (AvgIpc) is 3.28. The summed E-state index contributed by atoms with van der Waals surface area (Å²) in [6.45, 7) is 0. The number of amides is 1. The zero-order valence-corrected chi connectivity index (χ0v) is 14.5. The molecule has 28 heavy (non-hydrogen) atoms. The SMILES string of the molecule is Cn1cnc(C(=O)Nc2ccnc3cc(-c4cccc(C(F)(F)F)c4)nn23)c1. The van der Waals surface area contributed by atoms with E-state index in [1.165, 1.54) is 35.2 Å². The summed E-state index contributed by atoms with van der Waals surface area (Å²) in [5, 5.41) is 6.99. The highest BCUT2D eigenvalue weighted by molar-refractivity contribution is 6.02. The molecule has 0 fully saturated rings. The summed E-state index contributed by atoms with van der Waals surface area (Å²) in [6, 6.07) is 7.95. The lowest BCUT2D eigenvalue weighted by atomic mass is 10.1. The van der Waals surface area contributed by atoms with E-state index in [1.807, 2.05) is 0 Å². The number of halogens is 3. The third kappa shape index (κ3) is 3.31. The van der Waals surface area contributed by atoms with Crippen LogP contribution in [0.15, 0.2) is 55.1 Å². The molecule has 4 aromatic rings. The lowest BCUT2D eigenvalue weighted by Gasteiger charge is -2.07. The fraction of sp³-hybridized carbons (Fsp3) is 0.111. The van der Waals surface area contributed by atoms with E-state index in [0.29, 0.717) is 22.7 Å². The van der Waals surface area contributed by atoms with Crippen LogP contribution in [0.2, 0.25) is 0 Å². The van der Waals surface area contributed by atoms with Crippen LogP contribution in [0.3, 0.4) is 0 Å². The first-order valence-electron chi connectivity index (χ1n) is 8.13. The van der Waals surface area contributed by atoms with Crippen LogP contribution in [0.5, 0.6) is 0 Å². The zero-order valence-electron chi connectivity index (χ0n) is 14.5. The van der Waals surface area contributed by atoms with E-state index in [2.05, 4.69) is 20.4 Å². The number of carbonyl (C=O) groups is 1. The van der Waals surface area contributed by atoms with Gasteiger partial charge in [0.2, 0.25) is 0 Å². The molecule has 0 atom stereocenters. The Morgan fingerprint density at radius 1 is 1.14 bits per heavy atom. The van der Waals surface area contributed by atoms with Crippen molar-refractivity contribution in [2.75, 3.05) is 5.32 Å². The number of alkyl halides is 3. The van der Waals surface area contributed by atoms with Crippen molar-refractivity contribution in [3.63, 3.8) is 0 Å². The Kier molecular flexibility index (Phi) is 4.10. The van der Waals surface area contributed by atoms with E-state index in [0.717, 1.165) is 12.1 Å². The fourth-order valence-corrected chi connectivity index (χ4v) is 2.70. The Hall–Kier alpha value is -3.69. The van der Waals surface area contributed by atoms with Gasteiger partial charge in [0, 0.05) is 31.1 Å². The second kappa shape index (κ2) is 6.48. The first kappa shape index (κ1) is 17.7. The number of nitrogens with one attached hydrogen (secondary N) is 1. The van der Waals surface area contributed by atoms with Crippen LogP contribution in [-0.4, -0.2) is 30.1 Å². The first-order valence-corrected chi connectivity index (χ1v) is 8.13. The zero-order chi connectivity index (χ0) is 19.9. The van der Waals surface area contributed by atoms with Crippen molar-refractivity contribution in [2.45, 2.75) is 6.18 Å². The van der Waals surface area contributed by atoms with E-state index in [1.54, 1.807) is 23.9 Å². The second-order valence-corrected chi connectivity index (χ2v) is 6.09.